The van der Waals surface area contributed by atoms with E-state index in [2.05, 4.69) is 36.2 Å². The molecule has 1 heterocycles. The van der Waals surface area contributed by atoms with E-state index in [1.165, 1.54) is 0 Å². The topological polar surface area (TPSA) is 58.6 Å². The average Bonchev–Trinajstić information content (AvgIpc) is 2.78. The Morgan fingerprint density at radius 3 is 2.23 bits per heavy atom. The molecule has 2 aromatic rings. The fraction of sp³-hybridized carbons (Fsp3) is 0.440. The van der Waals surface area contributed by atoms with Crippen LogP contribution in [-0.4, -0.2) is 43.3 Å². The highest BCUT2D eigenvalue weighted by molar-refractivity contribution is 5.98. The number of nitrogens with one attached hydrogen (secondary N) is 1. The van der Waals surface area contributed by atoms with Crippen molar-refractivity contribution in [2.24, 2.45) is 11.8 Å². The maximum atomic E-state index is 12.8. The monoisotopic (exact) mass is 408 g/mol. The van der Waals surface area contributed by atoms with Gasteiger partial charge in [-0.25, -0.2) is 0 Å². The Morgan fingerprint density at radius 2 is 1.67 bits per heavy atom. The van der Waals surface area contributed by atoms with Gasteiger partial charge in [0.25, 0.3) is 0 Å². The van der Waals surface area contributed by atoms with E-state index in [-0.39, 0.29) is 23.7 Å². The van der Waals surface area contributed by atoms with Gasteiger partial charge in [0, 0.05) is 11.5 Å². The van der Waals surface area contributed by atoms with Crippen molar-refractivity contribution in [3.05, 3.63) is 65.7 Å². The van der Waals surface area contributed by atoms with Crippen LogP contribution in [0.25, 0.3) is 0 Å². The first-order chi connectivity index (χ1) is 14.5. The van der Waals surface area contributed by atoms with Crippen LogP contribution in [0.15, 0.2) is 54.6 Å². The zero-order valence-electron chi connectivity index (χ0n) is 18.1. The quantitative estimate of drug-likeness (QED) is 0.668. The van der Waals surface area contributed by atoms with Gasteiger partial charge >= 0.3 is 0 Å². The molecule has 0 bridgehead atoms. The molecule has 30 heavy (non-hydrogen) atoms. The van der Waals surface area contributed by atoms with Crippen molar-refractivity contribution >= 4 is 11.7 Å². The fourth-order valence-corrected chi connectivity index (χ4v) is 4.06. The third-order valence-corrected chi connectivity index (χ3v) is 5.84. The first-order valence-electron chi connectivity index (χ1n) is 10.7. The number of hydrogen-bond acceptors (Lipinski definition) is 4. The van der Waals surface area contributed by atoms with Crippen molar-refractivity contribution in [2.75, 3.05) is 26.7 Å². The maximum absolute atomic E-state index is 12.8. The molecule has 3 rings (SSSR count). The lowest BCUT2D eigenvalue weighted by Gasteiger charge is -2.31. The molecule has 0 aliphatic carbocycles. The molecule has 5 heteroatoms. The number of ketones is 1. The van der Waals surface area contributed by atoms with Crippen molar-refractivity contribution < 1.29 is 14.3 Å². The fourth-order valence-electron chi connectivity index (χ4n) is 4.06. The first kappa shape index (κ1) is 22.0. The second-order valence-electron chi connectivity index (χ2n) is 8.34. The van der Waals surface area contributed by atoms with Gasteiger partial charge in [-0.05, 0) is 61.7 Å². The molecule has 1 aliphatic rings. The Bertz CT molecular complexity index is 825. The van der Waals surface area contributed by atoms with Crippen LogP contribution in [0, 0.1) is 11.8 Å². The minimum Gasteiger partial charge on any atom is -0.497 e. The van der Waals surface area contributed by atoms with Crippen LogP contribution < -0.4 is 10.1 Å². The normalized spacial score (nSPS) is 16.3. The lowest BCUT2D eigenvalue weighted by atomic mass is 9.89. The second-order valence-corrected chi connectivity index (χ2v) is 8.34. The van der Waals surface area contributed by atoms with Crippen molar-refractivity contribution in [1.29, 1.82) is 0 Å². The molecule has 160 valence electrons. The van der Waals surface area contributed by atoms with Gasteiger partial charge in [-0.1, -0.05) is 44.2 Å². The van der Waals surface area contributed by atoms with Gasteiger partial charge in [-0.15, -0.1) is 0 Å². The number of rotatable bonds is 8. The minimum absolute atomic E-state index is 0.00730. The zero-order chi connectivity index (χ0) is 21.5. The number of carbonyl (C=O) groups excluding carboxylic acids is 2. The van der Waals surface area contributed by atoms with Crippen molar-refractivity contribution in [1.82, 2.24) is 10.2 Å². The Labute approximate surface area is 179 Å². The molecule has 1 saturated heterocycles. The van der Waals surface area contributed by atoms with E-state index in [9.17, 15) is 9.59 Å². The maximum Gasteiger partial charge on any atom is 0.234 e. The number of nitrogens with zero attached hydrogens (tertiary/aromatic N) is 1. The van der Waals surface area contributed by atoms with Crippen LogP contribution in [0.5, 0.6) is 5.75 Å². The van der Waals surface area contributed by atoms with Crippen molar-refractivity contribution in [2.45, 2.75) is 32.7 Å². The molecule has 0 radical (unpaired) electrons. The summed E-state index contributed by atoms with van der Waals surface area (Å²) < 4.78 is 5.16. The predicted octanol–water partition coefficient (Wildman–Crippen LogP) is 4.10. The summed E-state index contributed by atoms with van der Waals surface area (Å²) in [6, 6.07) is 17.4. The molecule has 2 aromatic carbocycles. The van der Waals surface area contributed by atoms with Gasteiger partial charge in [0.1, 0.15) is 5.75 Å². The molecular formula is C25H32N2O3. The summed E-state index contributed by atoms with van der Waals surface area (Å²) in [7, 11) is 1.62. The highest BCUT2D eigenvalue weighted by atomic mass is 16.5. The summed E-state index contributed by atoms with van der Waals surface area (Å²) >= 11 is 0. The van der Waals surface area contributed by atoms with Gasteiger partial charge in [0.2, 0.25) is 5.91 Å². The summed E-state index contributed by atoms with van der Waals surface area (Å²) in [4.78, 5) is 27.6. The average molecular weight is 409 g/mol. The number of amides is 1. The molecule has 0 aromatic heterocycles. The summed E-state index contributed by atoms with van der Waals surface area (Å²) in [5.74, 6) is 1.31. The van der Waals surface area contributed by atoms with E-state index >= 15 is 0 Å². The number of benzene rings is 2. The van der Waals surface area contributed by atoms with Crippen molar-refractivity contribution in [3.8, 4) is 5.75 Å². The smallest absolute Gasteiger partial charge is 0.234 e. The van der Waals surface area contributed by atoms with Gasteiger partial charge in [0.05, 0.1) is 19.7 Å². The van der Waals surface area contributed by atoms with Gasteiger partial charge in [-0.3, -0.25) is 14.5 Å². The number of methoxy groups -OCH3 is 1. The minimum atomic E-state index is 0.00730. The van der Waals surface area contributed by atoms with E-state index in [4.69, 9.17) is 4.74 Å². The molecule has 1 aliphatic heterocycles. The van der Waals surface area contributed by atoms with E-state index in [0.29, 0.717) is 12.5 Å². The highest BCUT2D eigenvalue weighted by Gasteiger charge is 2.27. The molecule has 0 unspecified atom stereocenters. The lowest BCUT2D eigenvalue weighted by Crippen LogP contribution is -2.44. The highest BCUT2D eigenvalue weighted by Crippen LogP contribution is 2.24. The molecule has 0 saturated carbocycles. The number of carbonyl (C=O) groups is 2. The molecule has 1 atom stereocenters. The summed E-state index contributed by atoms with van der Waals surface area (Å²) in [5, 5.41) is 3.19. The van der Waals surface area contributed by atoms with Crippen LogP contribution >= 0.6 is 0 Å². The van der Waals surface area contributed by atoms with Gasteiger partial charge < -0.3 is 10.1 Å². The lowest BCUT2D eigenvalue weighted by molar-refractivity contribution is -0.123. The zero-order valence-corrected chi connectivity index (χ0v) is 18.1. The largest absolute Gasteiger partial charge is 0.497 e. The van der Waals surface area contributed by atoms with E-state index in [1.807, 2.05) is 42.5 Å². The summed E-state index contributed by atoms with van der Waals surface area (Å²) in [6.45, 7) is 6.14. The number of Topliss-reactive ketones (excluding diaryl/α,β-unsaturated/α-hetero) is 1. The Morgan fingerprint density at radius 1 is 1.03 bits per heavy atom. The van der Waals surface area contributed by atoms with Crippen LogP contribution in [0.1, 0.15) is 48.7 Å². The predicted molar refractivity (Wildman–Crippen MR) is 119 cm³/mol. The van der Waals surface area contributed by atoms with Crippen molar-refractivity contribution in [3.63, 3.8) is 0 Å². The SMILES string of the molecule is COc1ccc(C(=O)C2CCN(CC(=O)N[C@@H](c3ccccc3)C(C)C)CC2)cc1. The number of hydrogen-bond donors (Lipinski definition) is 1. The van der Waals surface area contributed by atoms with Crippen LogP contribution in [0.2, 0.25) is 0 Å². The molecule has 1 N–H and O–H groups in total. The van der Waals surface area contributed by atoms with Gasteiger partial charge in [0.15, 0.2) is 5.78 Å². The molecule has 1 amide bonds. The second kappa shape index (κ2) is 10.4. The summed E-state index contributed by atoms with van der Waals surface area (Å²) in [6.07, 6.45) is 1.56. The van der Waals surface area contributed by atoms with Crippen LogP contribution in [0.4, 0.5) is 0 Å². The standard InChI is InChI=1S/C25H32N2O3/c1-18(2)24(19-7-5-4-6-8-19)26-23(28)17-27-15-13-21(14-16-27)25(29)20-9-11-22(30-3)12-10-20/h4-12,18,21,24H,13-17H2,1-3H3,(H,26,28)/t24-/m1/s1. The third-order valence-electron chi connectivity index (χ3n) is 5.84. The van der Waals surface area contributed by atoms with Gasteiger partial charge in [-0.2, -0.15) is 0 Å². The Hall–Kier alpha value is -2.66. The molecular weight excluding hydrogens is 376 g/mol. The summed E-state index contributed by atoms with van der Waals surface area (Å²) in [5.41, 5.74) is 1.86. The van der Waals surface area contributed by atoms with E-state index in [0.717, 1.165) is 42.8 Å². The number of piperidine rings is 1. The van der Waals surface area contributed by atoms with Crippen LogP contribution in [0.3, 0.4) is 0 Å². The van der Waals surface area contributed by atoms with Crippen LogP contribution in [-0.2, 0) is 4.79 Å². The number of likely N-dealkylation sites (tertiary alicyclic amines) is 1. The van der Waals surface area contributed by atoms with E-state index < -0.39 is 0 Å². The Balaban J connectivity index is 1.50. The third kappa shape index (κ3) is 5.70. The molecule has 0 spiro atoms. The molecule has 5 nitrogen and oxygen atoms in total. The molecule has 1 fully saturated rings. The number of ether oxygens (including phenoxy) is 1. The Kier molecular flexibility index (Phi) is 7.63. The first-order valence-corrected chi connectivity index (χ1v) is 10.7. The van der Waals surface area contributed by atoms with E-state index in [1.54, 1.807) is 7.11 Å².